The normalized spacial score (nSPS) is 10.7. The fourth-order valence-corrected chi connectivity index (χ4v) is 2.22. The lowest BCUT2D eigenvalue weighted by Crippen LogP contribution is -2.15. The Labute approximate surface area is 124 Å². The molecule has 2 aromatic rings. The Morgan fingerprint density at radius 1 is 1.33 bits per heavy atom. The second kappa shape index (κ2) is 6.49. The van der Waals surface area contributed by atoms with Crippen molar-refractivity contribution in [1.82, 2.24) is 14.8 Å². The first-order chi connectivity index (χ1) is 10.0. The van der Waals surface area contributed by atoms with Gasteiger partial charge in [-0.1, -0.05) is 0 Å². The van der Waals surface area contributed by atoms with Gasteiger partial charge >= 0.3 is 0 Å². The Balaban J connectivity index is 2.15. The quantitative estimate of drug-likeness (QED) is 0.878. The zero-order valence-corrected chi connectivity index (χ0v) is 12.7. The molecule has 0 atom stereocenters. The van der Waals surface area contributed by atoms with Gasteiger partial charge in [-0.05, 0) is 51.4 Å². The zero-order chi connectivity index (χ0) is 15.4. The van der Waals surface area contributed by atoms with Gasteiger partial charge in [-0.3, -0.25) is 9.48 Å². The van der Waals surface area contributed by atoms with Crippen molar-refractivity contribution in [2.24, 2.45) is 5.73 Å². The number of carbonyl (C=O) groups excluding carboxylic acids is 1. The molecular formula is C15H21N5O. The first-order valence-electron chi connectivity index (χ1n) is 7.00. The van der Waals surface area contributed by atoms with Gasteiger partial charge in [0.2, 0.25) is 0 Å². The van der Waals surface area contributed by atoms with E-state index in [1.54, 1.807) is 10.9 Å². The maximum absolute atomic E-state index is 12.3. The molecule has 3 N–H and O–H groups in total. The van der Waals surface area contributed by atoms with Crippen molar-refractivity contribution < 1.29 is 4.79 Å². The van der Waals surface area contributed by atoms with Crippen LogP contribution < -0.4 is 11.1 Å². The van der Waals surface area contributed by atoms with Crippen LogP contribution in [0.3, 0.4) is 0 Å². The molecule has 21 heavy (non-hydrogen) atoms. The number of nitrogens with zero attached hydrogens (tertiary/aromatic N) is 3. The van der Waals surface area contributed by atoms with Crippen LogP contribution in [0.25, 0.3) is 0 Å². The molecular weight excluding hydrogens is 266 g/mol. The number of nitrogens with one attached hydrogen (secondary N) is 1. The van der Waals surface area contributed by atoms with Gasteiger partial charge in [0.1, 0.15) is 5.82 Å². The summed E-state index contributed by atoms with van der Waals surface area (Å²) in [6, 6.07) is 3.81. The molecule has 1 amide bonds. The van der Waals surface area contributed by atoms with Gasteiger partial charge in [0.05, 0.1) is 11.8 Å². The highest BCUT2D eigenvalue weighted by Crippen LogP contribution is 2.13. The van der Waals surface area contributed by atoms with E-state index >= 15 is 0 Å². The fourth-order valence-electron chi connectivity index (χ4n) is 2.22. The standard InChI is InChI=1S/C15H21N5O/c1-10-7-11(2)18-14(8-10)19-15(21)13-9-17-20(12(13)3)6-4-5-16/h7-9H,4-6,16H2,1-3H3,(H,18,19,21). The van der Waals surface area contributed by atoms with E-state index in [9.17, 15) is 4.79 Å². The van der Waals surface area contributed by atoms with Crippen LogP contribution in [0.2, 0.25) is 0 Å². The Morgan fingerprint density at radius 2 is 2.10 bits per heavy atom. The maximum Gasteiger partial charge on any atom is 0.260 e. The number of aromatic nitrogens is 3. The van der Waals surface area contributed by atoms with Crippen LogP contribution in [-0.4, -0.2) is 27.2 Å². The van der Waals surface area contributed by atoms with Gasteiger partial charge in [-0.2, -0.15) is 5.10 Å². The van der Waals surface area contributed by atoms with Crippen molar-refractivity contribution in [2.45, 2.75) is 33.7 Å². The van der Waals surface area contributed by atoms with E-state index in [4.69, 9.17) is 5.73 Å². The molecule has 0 bridgehead atoms. The highest BCUT2D eigenvalue weighted by Gasteiger charge is 2.14. The van der Waals surface area contributed by atoms with Crippen LogP contribution in [0, 0.1) is 20.8 Å². The molecule has 0 aromatic carbocycles. The third-order valence-corrected chi connectivity index (χ3v) is 3.26. The molecule has 112 valence electrons. The van der Waals surface area contributed by atoms with Crippen molar-refractivity contribution in [3.05, 3.63) is 40.8 Å². The molecule has 0 saturated carbocycles. The molecule has 2 aromatic heterocycles. The summed E-state index contributed by atoms with van der Waals surface area (Å²) < 4.78 is 1.80. The van der Waals surface area contributed by atoms with Crippen LogP contribution in [0.4, 0.5) is 5.82 Å². The van der Waals surface area contributed by atoms with Gasteiger partial charge < -0.3 is 11.1 Å². The predicted molar refractivity (Wildman–Crippen MR) is 82.3 cm³/mol. The van der Waals surface area contributed by atoms with Crippen LogP contribution >= 0.6 is 0 Å². The second-order valence-electron chi connectivity index (χ2n) is 5.13. The average Bonchev–Trinajstić information content (AvgIpc) is 2.76. The minimum absolute atomic E-state index is 0.191. The molecule has 0 fully saturated rings. The van der Waals surface area contributed by atoms with Gasteiger partial charge in [-0.25, -0.2) is 4.98 Å². The fraction of sp³-hybridized carbons (Fsp3) is 0.400. The van der Waals surface area contributed by atoms with E-state index in [1.807, 2.05) is 32.9 Å². The molecule has 0 aliphatic carbocycles. The summed E-state index contributed by atoms with van der Waals surface area (Å²) in [5, 5.41) is 7.05. The molecule has 0 radical (unpaired) electrons. The van der Waals surface area contributed by atoms with Crippen molar-refractivity contribution in [3.8, 4) is 0 Å². The van der Waals surface area contributed by atoms with Crippen molar-refractivity contribution in [1.29, 1.82) is 0 Å². The molecule has 2 heterocycles. The number of pyridine rings is 1. The Kier molecular flexibility index (Phi) is 4.70. The minimum Gasteiger partial charge on any atom is -0.330 e. The lowest BCUT2D eigenvalue weighted by molar-refractivity contribution is 0.102. The number of aryl methyl sites for hydroxylation is 3. The van der Waals surface area contributed by atoms with Crippen molar-refractivity contribution in [2.75, 3.05) is 11.9 Å². The lowest BCUT2D eigenvalue weighted by Gasteiger charge is -2.07. The molecule has 0 aliphatic heterocycles. The lowest BCUT2D eigenvalue weighted by atomic mass is 10.2. The number of amides is 1. The van der Waals surface area contributed by atoms with Gasteiger partial charge in [0.25, 0.3) is 5.91 Å². The zero-order valence-electron chi connectivity index (χ0n) is 12.7. The first kappa shape index (κ1) is 15.2. The van der Waals surface area contributed by atoms with E-state index in [0.717, 1.165) is 29.9 Å². The average molecular weight is 287 g/mol. The summed E-state index contributed by atoms with van der Waals surface area (Å²) in [5.41, 5.74) is 8.83. The smallest absolute Gasteiger partial charge is 0.260 e. The molecule has 0 unspecified atom stereocenters. The van der Waals surface area contributed by atoms with Crippen LogP contribution in [-0.2, 0) is 6.54 Å². The summed E-state index contributed by atoms with van der Waals surface area (Å²) in [5.74, 6) is 0.371. The predicted octanol–water partition coefficient (Wildman–Crippen LogP) is 1.80. The topological polar surface area (TPSA) is 85.8 Å². The number of hydrogen-bond acceptors (Lipinski definition) is 4. The highest BCUT2D eigenvalue weighted by molar-refractivity contribution is 6.04. The summed E-state index contributed by atoms with van der Waals surface area (Å²) in [6.45, 7) is 7.08. The number of nitrogens with two attached hydrogens (primary N) is 1. The molecule has 2 rings (SSSR count). The Hall–Kier alpha value is -2.21. The second-order valence-corrected chi connectivity index (χ2v) is 5.13. The largest absolute Gasteiger partial charge is 0.330 e. The maximum atomic E-state index is 12.3. The van der Waals surface area contributed by atoms with E-state index in [2.05, 4.69) is 15.4 Å². The van der Waals surface area contributed by atoms with Crippen LogP contribution in [0.15, 0.2) is 18.3 Å². The van der Waals surface area contributed by atoms with E-state index in [-0.39, 0.29) is 5.91 Å². The van der Waals surface area contributed by atoms with Gasteiger partial charge in [0, 0.05) is 17.9 Å². The van der Waals surface area contributed by atoms with Crippen LogP contribution in [0.1, 0.15) is 33.7 Å². The summed E-state index contributed by atoms with van der Waals surface area (Å²) in [4.78, 5) is 16.6. The molecule has 6 nitrogen and oxygen atoms in total. The molecule has 6 heteroatoms. The van der Waals surface area contributed by atoms with Crippen LogP contribution in [0.5, 0.6) is 0 Å². The summed E-state index contributed by atoms with van der Waals surface area (Å²) in [7, 11) is 0. The Morgan fingerprint density at radius 3 is 2.76 bits per heavy atom. The number of anilines is 1. The third-order valence-electron chi connectivity index (χ3n) is 3.26. The van der Waals surface area contributed by atoms with E-state index in [0.29, 0.717) is 17.9 Å². The van der Waals surface area contributed by atoms with E-state index < -0.39 is 0 Å². The number of rotatable bonds is 5. The summed E-state index contributed by atoms with van der Waals surface area (Å²) in [6.07, 6.45) is 2.42. The Bertz CT molecular complexity index is 627. The monoisotopic (exact) mass is 287 g/mol. The highest BCUT2D eigenvalue weighted by atomic mass is 16.1. The number of carbonyl (C=O) groups is 1. The molecule has 0 aliphatic rings. The van der Waals surface area contributed by atoms with Crippen molar-refractivity contribution in [3.63, 3.8) is 0 Å². The first-order valence-corrected chi connectivity index (χ1v) is 7.00. The van der Waals surface area contributed by atoms with Gasteiger partial charge in [-0.15, -0.1) is 0 Å². The van der Waals surface area contributed by atoms with Gasteiger partial charge in [0.15, 0.2) is 0 Å². The summed E-state index contributed by atoms with van der Waals surface area (Å²) >= 11 is 0. The van der Waals surface area contributed by atoms with E-state index in [1.165, 1.54) is 0 Å². The number of hydrogen-bond donors (Lipinski definition) is 2. The molecule has 0 spiro atoms. The SMILES string of the molecule is Cc1cc(C)nc(NC(=O)c2cnn(CCCN)c2C)c1. The third kappa shape index (κ3) is 3.66. The minimum atomic E-state index is -0.191. The molecule has 0 saturated heterocycles. The van der Waals surface area contributed by atoms with Crippen molar-refractivity contribution >= 4 is 11.7 Å².